The number of ether oxygens (including phenoxy) is 2. The van der Waals surface area contributed by atoms with Gasteiger partial charge in [0, 0.05) is 26.1 Å². The van der Waals surface area contributed by atoms with Gasteiger partial charge in [0.2, 0.25) is 11.8 Å². The van der Waals surface area contributed by atoms with Crippen LogP contribution in [0, 0.1) is 0 Å². The molecule has 2 fully saturated rings. The third kappa shape index (κ3) is 3.11. The number of amides is 2. The van der Waals surface area contributed by atoms with Gasteiger partial charge in [0.1, 0.15) is 6.61 Å². The van der Waals surface area contributed by atoms with E-state index in [2.05, 4.69) is 0 Å². The molecule has 2 aliphatic rings. The highest BCUT2D eigenvalue weighted by atomic mass is 16.5. The SMILES string of the molecule is CN1CC(OCC(=O)N2CCOCC2)CC1(C)C(N)=O. The molecule has 0 bridgehead atoms. The minimum Gasteiger partial charge on any atom is -0.378 e. The van der Waals surface area contributed by atoms with Gasteiger partial charge in [0.15, 0.2) is 0 Å². The second kappa shape index (κ2) is 6.07. The number of primary amides is 1. The van der Waals surface area contributed by atoms with E-state index in [0.29, 0.717) is 39.3 Å². The van der Waals surface area contributed by atoms with Gasteiger partial charge in [0.25, 0.3) is 0 Å². The Kier molecular flexibility index (Phi) is 4.62. The van der Waals surface area contributed by atoms with Crippen LogP contribution in [0.4, 0.5) is 0 Å². The number of hydrogen-bond acceptors (Lipinski definition) is 5. The summed E-state index contributed by atoms with van der Waals surface area (Å²) in [5, 5.41) is 0. The van der Waals surface area contributed by atoms with Crippen molar-refractivity contribution >= 4 is 11.8 Å². The van der Waals surface area contributed by atoms with E-state index in [1.807, 2.05) is 18.9 Å². The number of nitrogens with two attached hydrogens (primary N) is 1. The molecule has 20 heavy (non-hydrogen) atoms. The zero-order valence-electron chi connectivity index (χ0n) is 12.1. The highest BCUT2D eigenvalue weighted by molar-refractivity contribution is 5.84. The summed E-state index contributed by atoms with van der Waals surface area (Å²) in [6.07, 6.45) is 0.386. The fraction of sp³-hybridized carbons (Fsp3) is 0.846. The summed E-state index contributed by atoms with van der Waals surface area (Å²) in [6.45, 7) is 4.86. The van der Waals surface area contributed by atoms with Crippen LogP contribution in [-0.2, 0) is 19.1 Å². The molecule has 0 saturated carbocycles. The smallest absolute Gasteiger partial charge is 0.248 e. The molecule has 0 spiro atoms. The minimum atomic E-state index is -0.688. The van der Waals surface area contributed by atoms with Gasteiger partial charge in [-0.05, 0) is 14.0 Å². The van der Waals surface area contributed by atoms with E-state index in [1.165, 1.54) is 0 Å². The van der Waals surface area contributed by atoms with Crippen molar-refractivity contribution in [3.63, 3.8) is 0 Å². The van der Waals surface area contributed by atoms with Crippen LogP contribution >= 0.6 is 0 Å². The van der Waals surface area contributed by atoms with Crippen LogP contribution in [0.25, 0.3) is 0 Å². The van der Waals surface area contributed by atoms with Gasteiger partial charge in [-0.2, -0.15) is 0 Å². The Morgan fingerprint density at radius 3 is 2.60 bits per heavy atom. The molecule has 2 heterocycles. The maximum atomic E-state index is 12.0. The topological polar surface area (TPSA) is 85.1 Å². The standard InChI is InChI=1S/C13H23N3O4/c1-13(12(14)18)7-10(8-15(13)2)20-9-11(17)16-3-5-19-6-4-16/h10H,3-9H2,1-2H3,(H2,14,18). The van der Waals surface area contributed by atoms with Crippen molar-refractivity contribution in [3.8, 4) is 0 Å². The summed E-state index contributed by atoms with van der Waals surface area (Å²) in [5.41, 5.74) is 4.74. The van der Waals surface area contributed by atoms with Crippen LogP contribution in [0.5, 0.6) is 0 Å². The Morgan fingerprint density at radius 2 is 2.05 bits per heavy atom. The lowest BCUT2D eigenvalue weighted by atomic mass is 9.98. The fourth-order valence-electron chi connectivity index (χ4n) is 2.66. The van der Waals surface area contributed by atoms with Crippen molar-refractivity contribution in [2.45, 2.75) is 25.0 Å². The maximum absolute atomic E-state index is 12.0. The molecule has 2 N–H and O–H groups in total. The van der Waals surface area contributed by atoms with Crippen molar-refractivity contribution in [2.24, 2.45) is 5.73 Å². The highest BCUT2D eigenvalue weighted by Crippen LogP contribution is 2.28. The first-order valence-electron chi connectivity index (χ1n) is 6.92. The average Bonchev–Trinajstić information content (AvgIpc) is 2.74. The molecule has 0 radical (unpaired) electrons. The number of rotatable bonds is 4. The Bertz CT molecular complexity index is 384. The number of nitrogens with zero attached hydrogens (tertiary/aromatic N) is 2. The predicted octanol–water partition coefficient (Wildman–Crippen LogP) is -1.19. The second-order valence-corrected chi connectivity index (χ2v) is 5.65. The third-order valence-electron chi connectivity index (χ3n) is 4.28. The lowest BCUT2D eigenvalue weighted by Gasteiger charge is -2.27. The zero-order valence-corrected chi connectivity index (χ0v) is 12.1. The molecular formula is C13H23N3O4. The van der Waals surface area contributed by atoms with Gasteiger partial charge >= 0.3 is 0 Å². The van der Waals surface area contributed by atoms with Crippen LogP contribution in [0.2, 0.25) is 0 Å². The van der Waals surface area contributed by atoms with E-state index in [0.717, 1.165) is 0 Å². The molecule has 0 aromatic rings. The van der Waals surface area contributed by atoms with Gasteiger partial charge in [-0.3, -0.25) is 14.5 Å². The number of carbonyl (C=O) groups excluding carboxylic acids is 2. The maximum Gasteiger partial charge on any atom is 0.248 e. The quantitative estimate of drug-likeness (QED) is 0.702. The average molecular weight is 285 g/mol. The fourth-order valence-corrected chi connectivity index (χ4v) is 2.66. The third-order valence-corrected chi connectivity index (χ3v) is 4.28. The Labute approximate surface area is 119 Å². The van der Waals surface area contributed by atoms with Crippen molar-refractivity contribution in [3.05, 3.63) is 0 Å². The van der Waals surface area contributed by atoms with E-state index in [1.54, 1.807) is 4.90 Å². The molecule has 114 valence electrons. The zero-order chi connectivity index (χ0) is 14.8. The lowest BCUT2D eigenvalue weighted by molar-refractivity contribution is -0.142. The van der Waals surface area contributed by atoms with Gasteiger partial charge < -0.3 is 20.1 Å². The second-order valence-electron chi connectivity index (χ2n) is 5.65. The van der Waals surface area contributed by atoms with Crippen LogP contribution in [0.15, 0.2) is 0 Å². The minimum absolute atomic E-state index is 0.0244. The first-order valence-corrected chi connectivity index (χ1v) is 6.92. The summed E-state index contributed by atoms with van der Waals surface area (Å²) >= 11 is 0. The molecule has 2 saturated heterocycles. The highest BCUT2D eigenvalue weighted by Gasteiger charge is 2.45. The number of carbonyl (C=O) groups is 2. The lowest BCUT2D eigenvalue weighted by Crippen LogP contribution is -2.49. The van der Waals surface area contributed by atoms with Crippen molar-refractivity contribution in [2.75, 3.05) is 46.5 Å². The molecule has 2 rings (SSSR count). The van der Waals surface area contributed by atoms with Crippen molar-refractivity contribution < 1.29 is 19.1 Å². The summed E-state index contributed by atoms with van der Waals surface area (Å²) in [7, 11) is 1.85. The van der Waals surface area contributed by atoms with Gasteiger partial charge in [-0.25, -0.2) is 0 Å². The Balaban J connectivity index is 1.80. The summed E-state index contributed by atoms with van der Waals surface area (Å²) in [5.74, 6) is -0.380. The molecule has 2 atom stereocenters. The molecule has 0 aromatic carbocycles. The first kappa shape index (κ1) is 15.2. The normalized spacial score (nSPS) is 31.5. The number of hydrogen-bond donors (Lipinski definition) is 1. The van der Waals surface area contributed by atoms with Crippen LogP contribution in [-0.4, -0.2) is 79.8 Å². The molecule has 7 heteroatoms. The number of morpholine rings is 1. The van der Waals surface area contributed by atoms with Crippen LogP contribution in [0.1, 0.15) is 13.3 Å². The van der Waals surface area contributed by atoms with Gasteiger partial charge in [0.05, 0.1) is 24.9 Å². The molecule has 2 aliphatic heterocycles. The molecule has 0 aromatic heterocycles. The predicted molar refractivity (Wildman–Crippen MR) is 72.0 cm³/mol. The monoisotopic (exact) mass is 285 g/mol. The molecule has 2 amide bonds. The van der Waals surface area contributed by atoms with E-state index < -0.39 is 5.54 Å². The van der Waals surface area contributed by atoms with E-state index in [-0.39, 0.29) is 24.5 Å². The van der Waals surface area contributed by atoms with Gasteiger partial charge in [-0.1, -0.05) is 0 Å². The van der Waals surface area contributed by atoms with E-state index in [4.69, 9.17) is 15.2 Å². The molecule has 2 unspecified atom stereocenters. The summed E-state index contributed by atoms with van der Waals surface area (Å²) in [4.78, 5) is 27.1. The molecule has 0 aliphatic carbocycles. The first-order chi connectivity index (χ1) is 9.43. The Morgan fingerprint density at radius 1 is 1.40 bits per heavy atom. The number of likely N-dealkylation sites (N-methyl/N-ethyl adjacent to an activating group) is 1. The van der Waals surface area contributed by atoms with E-state index in [9.17, 15) is 9.59 Å². The largest absolute Gasteiger partial charge is 0.378 e. The Hall–Kier alpha value is -1.18. The van der Waals surface area contributed by atoms with Crippen molar-refractivity contribution in [1.82, 2.24) is 9.80 Å². The molecule has 7 nitrogen and oxygen atoms in total. The van der Waals surface area contributed by atoms with E-state index >= 15 is 0 Å². The summed E-state index contributed by atoms with van der Waals surface area (Å²) in [6, 6.07) is 0. The summed E-state index contributed by atoms with van der Waals surface area (Å²) < 4.78 is 10.9. The van der Waals surface area contributed by atoms with Gasteiger partial charge in [-0.15, -0.1) is 0 Å². The van der Waals surface area contributed by atoms with Crippen LogP contribution < -0.4 is 5.73 Å². The molecular weight excluding hydrogens is 262 g/mol. The number of likely N-dealkylation sites (tertiary alicyclic amines) is 1. The van der Waals surface area contributed by atoms with Crippen molar-refractivity contribution in [1.29, 1.82) is 0 Å². The van der Waals surface area contributed by atoms with Crippen LogP contribution in [0.3, 0.4) is 0 Å².